The van der Waals surface area contributed by atoms with Gasteiger partial charge in [-0.25, -0.2) is 9.78 Å². The summed E-state index contributed by atoms with van der Waals surface area (Å²) in [5.41, 5.74) is 1.31. The number of alkyl halides is 3. The van der Waals surface area contributed by atoms with Crippen molar-refractivity contribution in [2.75, 3.05) is 23.7 Å². The molecule has 0 saturated carbocycles. The summed E-state index contributed by atoms with van der Waals surface area (Å²) < 4.78 is 31.7. The van der Waals surface area contributed by atoms with Gasteiger partial charge in [-0.3, -0.25) is 9.59 Å². The number of hydrogen-bond donors (Lipinski definition) is 4. The number of nitrogens with one attached hydrogen (secondary N) is 3. The first-order chi connectivity index (χ1) is 15.5. The lowest BCUT2D eigenvalue weighted by molar-refractivity contribution is -0.192. The van der Waals surface area contributed by atoms with Crippen molar-refractivity contribution < 1.29 is 32.7 Å². The van der Waals surface area contributed by atoms with Gasteiger partial charge in [-0.15, -0.1) is 0 Å². The molecule has 8 nitrogen and oxygen atoms in total. The molecule has 176 valence electrons. The smallest absolute Gasteiger partial charge is 0.475 e. The van der Waals surface area contributed by atoms with Gasteiger partial charge >= 0.3 is 12.1 Å². The molecular formula is C20H17Cl2F3N4O4. The Hall–Kier alpha value is -3.15. The second-order valence-electron chi connectivity index (χ2n) is 6.45. The molecule has 0 bridgehead atoms. The van der Waals surface area contributed by atoms with Crippen molar-refractivity contribution in [3.63, 3.8) is 0 Å². The number of carbonyl (C=O) groups is 3. The molecule has 0 saturated heterocycles. The van der Waals surface area contributed by atoms with Crippen LogP contribution in [0.2, 0.25) is 10.0 Å². The maximum atomic E-state index is 12.6. The first kappa shape index (κ1) is 26.1. The van der Waals surface area contributed by atoms with Crippen molar-refractivity contribution in [1.82, 2.24) is 10.3 Å². The highest BCUT2D eigenvalue weighted by atomic mass is 35.5. The quantitative estimate of drug-likeness (QED) is 0.496. The molecular weight excluding hydrogens is 488 g/mol. The fraction of sp³-hybridized carbons (Fsp3) is 0.200. The molecule has 0 atom stereocenters. The topological polar surface area (TPSA) is 120 Å². The number of halogens is 5. The third-order valence-electron chi connectivity index (χ3n) is 4.04. The Morgan fingerprint density at radius 3 is 2.24 bits per heavy atom. The summed E-state index contributed by atoms with van der Waals surface area (Å²) in [5.74, 6) is -3.07. The van der Waals surface area contributed by atoms with Gasteiger partial charge in [0.2, 0.25) is 0 Å². The lowest BCUT2D eigenvalue weighted by Gasteiger charge is -2.16. The van der Waals surface area contributed by atoms with Gasteiger partial charge in [0.25, 0.3) is 11.8 Å². The van der Waals surface area contributed by atoms with Crippen LogP contribution in [0.4, 0.5) is 24.7 Å². The van der Waals surface area contributed by atoms with Gasteiger partial charge in [-0.1, -0.05) is 29.3 Å². The number of aromatic nitrogens is 1. The number of aliphatic carboxylic acids is 1. The van der Waals surface area contributed by atoms with Gasteiger partial charge in [-0.2, -0.15) is 13.2 Å². The summed E-state index contributed by atoms with van der Waals surface area (Å²) in [7, 11) is 0. The first-order valence-corrected chi connectivity index (χ1v) is 9.96. The van der Waals surface area contributed by atoms with E-state index in [1.165, 1.54) is 12.3 Å². The fourth-order valence-corrected chi connectivity index (χ4v) is 2.76. The van der Waals surface area contributed by atoms with Gasteiger partial charge in [0, 0.05) is 23.3 Å². The number of carbonyl (C=O) groups excluding carboxylic acids is 2. The fourth-order valence-electron chi connectivity index (χ4n) is 2.48. The number of amides is 2. The molecule has 0 radical (unpaired) electrons. The van der Waals surface area contributed by atoms with Crippen LogP contribution in [0.5, 0.6) is 0 Å². The SMILES string of the molecule is O=C(Nc1ccc(Cl)cc1C(=O)Nc1ccc(Cl)cn1)C1=CCNCC1.O=C(O)C(F)(F)F. The van der Waals surface area contributed by atoms with Crippen molar-refractivity contribution in [3.05, 3.63) is 63.8 Å². The van der Waals surface area contributed by atoms with E-state index in [-0.39, 0.29) is 11.5 Å². The van der Waals surface area contributed by atoms with E-state index in [9.17, 15) is 22.8 Å². The number of rotatable bonds is 4. The van der Waals surface area contributed by atoms with Crippen LogP contribution < -0.4 is 16.0 Å². The number of pyridine rings is 1. The highest BCUT2D eigenvalue weighted by molar-refractivity contribution is 6.31. The number of nitrogens with zero attached hydrogens (tertiary/aromatic N) is 1. The van der Waals surface area contributed by atoms with E-state index in [2.05, 4.69) is 20.9 Å². The molecule has 4 N–H and O–H groups in total. The molecule has 0 aliphatic carbocycles. The van der Waals surface area contributed by atoms with E-state index in [0.717, 1.165) is 6.54 Å². The highest BCUT2D eigenvalue weighted by Crippen LogP contribution is 2.23. The number of carboxylic acids is 1. The van der Waals surface area contributed by atoms with Crippen LogP contribution in [0.25, 0.3) is 0 Å². The Balaban J connectivity index is 0.000000479. The molecule has 0 fully saturated rings. The third kappa shape index (κ3) is 8.37. The zero-order chi connectivity index (χ0) is 24.6. The van der Waals surface area contributed by atoms with Crippen LogP contribution in [0.3, 0.4) is 0 Å². The maximum Gasteiger partial charge on any atom is 0.490 e. The van der Waals surface area contributed by atoms with Crippen LogP contribution in [0.1, 0.15) is 16.8 Å². The first-order valence-electron chi connectivity index (χ1n) is 9.21. The summed E-state index contributed by atoms with van der Waals surface area (Å²) in [6.45, 7) is 1.40. The second kappa shape index (κ2) is 11.6. The van der Waals surface area contributed by atoms with Gasteiger partial charge < -0.3 is 21.1 Å². The van der Waals surface area contributed by atoms with E-state index < -0.39 is 18.1 Å². The molecule has 0 spiro atoms. The van der Waals surface area contributed by atoms with Gasteiger partial charge in [-0.05, 0) is 43.3 Å². The number of benzene rings is 1. The average molecular weight is 505 g/mol. The highest BCUT2D eigenvalue weighted by Gasteiger charge is 2.38. The zero-order valence-corrected chi connectivity index (χ0v) is 18.2. The van der Waals surface area contributed by atoms with Crippen LogP contribution in [0, 0.1) is 0 Å². The molecule has 13 heteroatoms. The lowest BCUT2D eigenvalue weighted by Crippen LogP contribution is -2.27. The molecule has 2 heterocycles. The molecule has 1 aromatic heterocycles. The Morgan fingerprint density at radius 2 is 1.70 bits per heavy atom. The van der Waals surface area contributed by atoms with Crippen LogP contribution in [0.15, 0.2) is 48.2 Å². The Kier molecular flexibility index (Phi) is 9.21. The largest absolute Gasteiger partial charge is 0.490 e. The molecule has 33 heavy (non-hydrogen) atoms. The number of anilines is 2. The van der Waals surface area contributed by atoms with Crippen molar-refractivity contribution in [3.8, 4) is 0 Å². The van der Waals surface area contributed by atoms with Crippen molar-refractivity contribution in [2.45, 2.75) is 12.6 Å². The Bertz CT molecular complexity index is 1060. The van der Waals surface area contributed by atoms with Crippen LogP contribution in [-0.4, -0.2) is 47.1 Å². The zero-order valence-electron chi connectivity index (χ0n) is 16.7. The normalized spacial score (nSPS) is 13.2. The van der Waals surface area contributed by atoms with E-state index in [4.69, 9.17) is 33.1 Å². The predicted molar refractivity (Wildman–Crippen MR) is 117 cm³/mol. The summed E-state index contributed by atoms with van der Waals surface area (Å²) in [4.78, 5) is 38.0. The average Bonchev–Trinajstić information content (AvgIpc) is 2.77. The van der Waals surface area contributed by atoms with Gasteiger partial charge in [0.05, 0.1) is 16.3 Å². The summed E-state index contributed by atoms with van der Waals surface area (Å²) in [5, 5.41) is 16.6. The third-order valence-corrected chi connectivity index (χ3v) is 4.50. The van der Waals surface area contributed by atoms with E-state index in [1.54, 1.807) is 24.3 Å². The van der Waals surface area contributed by atoms with Crippen molar-refractivity contribution >= 4 is 52.5 Å². The summed E-state index contributed by atoms with van der Waals surface area (Å²) >= 11 is 11.8. The minimum absolute atomic E-state index is 0.229. The van der Waals surface area contributed by atoms with Crippen molar-refractivity contribution in [2.24, 2.45) is 0 Å². The summed E-state index contributed by atoms with van der Waals surface area (Å²) in [6.07, 6.45) is -1.18. The van der Waals surface area contributed by atoms with E-state index in [1.807, 2.05) is 6.08 Å². The van der Waals surface area contributed by atoms with E-state index in [0.29, 0.717) is 40.1 Å². The molecule has 3 rings (SSSR count). The maximum absolute atomic E-state index is 12.6. The molecule has 1 aliphatic heterocycles. The monoisotopic (exact) mass is 504 g/mol. The minimum Gasteiger partial charge on any atom is -0.475 e. The summed E-state index contributed by atoms with van der Waals surface area (Å²) in [6, 6.07) is 7.92. The number of hydrogen-bond acceptors (Lipinski definition) is 5. The second-order valence-corrected chi connectivity index (χ2v) is 7.32. The Morgan fingerprint density at radius 1 is 1.03 bits per heavy atom. The van der Waals surface area contributed by atoms with Crippen molar-refractivity contribution in [1.29, 1.82) is 0 Å². The van der Waals surface area contributed by atoms with Crippen LogP contribution in [-0.2, 0) is 9.59 Å². The molecule has 2 amide bonds. The Labute approximate surface area is 195 Å². The molecule has 0 unspecified atom stereocenters. The predicted octanol–water partition coefficient (Wildman–Crippen LogP) is 4.13. The molecule has 2 aromatic rings. The lowest BCUT2D eigenvalue weighted by atomic mass is 10.1. The van der Waals surface area contributed by atoms with Gasteiger partial charge in [0.1, 0.15) is 5.82 Å². The standard InChI is InChI=1S/C18H16Cl2N4O2.C2HF3O2/c19-12-1-3-15(23-17(25)11-5-7-21-8-6-11)14(9-12)18(26)24-16-4-2-13(20)10-22-16;3-2(4,5)1(6)7/h1-5,9-10,21H,6-8H2,(H,23,25)(H,22,24,26);(H,6,7). The van der Waals surface area contributed by atoms with Gasteiger partial charge in [0.15, 0.2) is 0 Å². The van der Waals surface area contributed by atoms with Crippen LogP contribution >= 0.6 is 23.2 Å². The van der Waals surface area contributed by atoms with E-state index >= 15 is 0 Å². The molecule has 1 aliphatic rings. The minimum atomic E-state index is -5.08. The molecule has 1 aromatic carbocycles. The number of carboxylic acid groups (broad SMARTS) is 1.